The van der Waals surface area contributed by atoms with Crippen LogP contribution in [0.2, 0.25) is 0 Å². The molecular weight excluding hydrogens is 340 g/mol. The SMILES string of the molecule is CC(C)CC(=O)N1CCC(Cc2nn(C)cc2C(=O)NC2CCCC2)CC1. The van der Waals surface area contributed by atoms with Crippen LogP contribution in [0.3, 0.4) is 0 Å². The number of rotatable bonds is 6. The molecule has 6 nitrogen and oxygen atoms in total. The molecule has 1 N–H and O–H groups in total. The highest BCUT2D eigenvalue weighted by Crippen LogP contribution is 2.24. The average Bonchev–Trinajstić information content (AvgIpc) is 3.24. The van der Waals surface area contributed by atoms with Crippen LogP contribution >= 0.6 is 0 Å². The average molecular weight is 375 g/mol. The number of nitrogens with zero attached hydrogens (tertiary/aromatic N) is 3. The fourth-order valence-electron chi connectivity index (χ4n) is 4.35. The second-order valence-corrected chi connectivity index (χ2v) is 8.74. The first-order chi connectivity index (χ1) is 12.9. The number of nitrogens with one attached hydrogen (secondary N) is 1. The number of carbonyl (C=O) groups is 2. The lowest BCUT2D eigenvalue weighted by Gasteiger charge is -2.32. The highest BCUT2D eigenvalue weighted by Gasteiger charge is 2.27. The molecule has 6 heteroatoms. The first-order valence-electron chi connectivity index (χ1n) is 10.5. The van der Waals surface area contributed by atoms with Gasteiger partial charge in [-0.1, -0.05) is 26.7 Å². The zero-order valence-electron chi connectivity index (χ0n) is 17.0. The van der Waals surface area contributed by atoms with Gasteiger partial charge < -0.3 is 10.2 Å². The van der Waals surface area contributed by atoms with Gasteiger partial charge in [-0.15, -0.1) is 0 Å². The van der Waals surface area contributed by atoms with Gasteiger partial charge in [0.2, 0.25) is 5.91 Å². The largest absolute Gasteiger partial charge is 0.349 e. The fraction of sp³-hybridized carbons (Fsp3) is 0.762. The molecule has 0 atom stereocenters. The van der Waals surface area contributed by atoms with Gasteiger partial charge in [-0.3, -0.25) is 14.3 Å². The maximum absolute atomic E-state index is 12.7. The summed E-state index contributed by atoms with van der Waals surface area (Å²) in [5, 5.41) is 7.75. The minimum Gasteiger partial charge on any atom is -0.349 e. The molecule has 1 aliphatic carbocycles. The number of piperidine rings is 1. The number of likely N-dealkylation sites (tertiary alicyclic amines) is 1. The predicted molar refractivity (Wildman–Crippen MR) is 105 cm³/mol. The van der Waals surface area contributed by atoms with Gasteiger partial charge in [0.05, 0.1) is 11.3 Å². The van der Waals surface area contributed by atoms with Crippen LogP contribution in [-0.4, -0.2) is 45.6 Å². The van der Waals surface area contributed by atoms with E-state index in [0.29, 0.717) is 24.3 Å². The van der Waals surface area contributed by atoms with Gasteiger partial charge in [-0.2, -0.15) is 5.10 Å². The number of hydrogen-bond acceptors (Lipinski definition) is 3. The van der Waals surface area contributed by atoms with Crippen molar-refractivity contribution in [3.63, 3.8) is 0 Å². The molecule has 150 valence electrons. The molecule has 1 aromatic heterocycles. The maximum atomic E-state index is 12.7. The van der Waals surface area contributed by atoms with Crippen LogP contribution in [0.1, 0.15) is 74.8 Å². The molecule has 1 saturated heterocycles. The summed E-state index contributed by atoms with van der Waals surface area (Å²) in [6.07, 6.45) is 9.87. The van der Waals surface area contributed by atoms with Gasteiger partial charge in [-0.05, 0) is 43.9 Å². The summed E-state index contributed by atoms with van der Waals surface area (Å²) in [6.45, 7) is 5.83. The minimum atomic E-state index is 0.0227. The smallest absolute Gasteiger partial charge is 0.254 e. The van der Waals surface area contributed by atoms with Crippen LogP contribution in [0.4, 0.5) is 0 Å². The van der Waals surface area contributed by atoms with Gasteiger partial charge >= 0.3 is 0 Å². The molecule has 0 spiro atoms. The Balaban J connectivity index is 1.55. The van der Waals surface area contributed by atoms with Crippen molar-refractivity contribution < 1.29 is 9.59 Å². The molecule has 0 bridgehead atoms. The van der Waals surface area contributed by atoms with E-state index in [1.54, 1.807) is 4.68 Å². The lowest BCUT2D eigenvalue weighted by molar-refractivity contribution is -0.133. The van der Waals surface area contributed by atoms with Crippen LogP contribution in [0, 0.1) is 11.8 Å². The molecule has 2 heterocycles. The van der Waals surface area contributed by atoms with Gasteiger partial charge in [0.15, 0.2) is 0 Å². The lowest BCUT2D eigenvalue weighted by Crippen LogP contribution is -2.39. The van der Waals surface area contributed by atoms with E-state index >= 15 is 0 Å². The quantitative estimate of drug-likeness (QED) is 0.832. The Hall–Kier alpha value is -1.85. The second kappa shape index (κ2) is 8.89. The molecule has 2 aliphatic rings. The third-order valence-corrected chi connectivity index (χ3v) is 5.87. The minimum absolute atomic E-state index is 0.0227. The van der Waals surface area contributed by atoms with Gasteiger partial charge in [0, 0.05) is 38.8 Å². The van der Waals surface area contributed by atoms with E-state index in [1.165, 1.54) is 12.8 Å². The number of aryl methyl sites for hydroxylation is 1. The highest BCUT2D eigenvalue weighted by molar-refractivity contribution is 5.95. The van der Waals surface area contributed by atoms with Crippen molar-refractivity contribution in [3.05, 3.63) is 17.5 Å². The Kier molecular flexibility index (Phi) is 6.55. The van der Waals surface area contributed by atoms with Crippen molar-refractivity contribution in [1.82, 2.24) is 20.0 Å². The van der Waals surface area contributed by atoms with E-state index in [2.05, 4.69) is 24.3 Å². The molecule has 27 heavy (non-hydrogen) atoms. The molecule has 1 saturated carbocycles. The summed E-state index contributed by atoms with van der Waals surface area (Å²) < 4.78 is 1.75. The zero-order valence-corrected chi connectivity index (χ0v) is 17.0. The first kappa shape index (κ1) is 19.9. The third kappa shape index (κ3) is 5.33. The molecule has 1 aromatic rings. The van der Waals surface area contributed by atoms with Crippen molar-refractivity contribution in [3.8, 4) is 0 Å². The lowest BCUT2D eigenvalue weighted by atomic mass is 9.90. The van der Waals surface area contributed by atoms with Crippen molar-refractivity contribution >= 4 is 11.8 Å². The number of amides is 2. The summed E-state index contributed by atoms with van der Waals surface area (Å²) in [7, 11) is 1.88. The standard InChI is InChI=1S/C21H34N4O2/c1-15(2)12-20(26)25-10-8-16(9-11-25)13-19-18(14-24(3)23-19)21(27)22-17-6-4-5-7-17/h14-17H,4-13H2,1-3H3,(H,22,27). The number of hydrogen-bond donors (Lipinski definition) is 1. The van der Waals surface area contributed by atoms with E-state index in [1.807, 2.05) is 18.1 Å². The van der Waals surface area contributed by atoms with Crippen LogP contribution in [0.15, 0.2) is 6.20 Å². The van der Waals surface area contributed by atoms with E-state index in [9.17, 15) is 9.59 Å². The molecule has 0 aromatic carbocycles. The van der Waals surface area contributed by atoms with Crippen LogP contribution in [0.5, 0.6) is 0 Å². The normalized spacial score (nSPS) is 19.0. The molecule has 2 fully saturated rings. The maximum Gasteiger partial charge on any atom is 0.254 e. The van der Waals surface area contributed by atoms with Gasteiger partial charge in [0.25, 0.3) is 5.91 Å². The Morgan fingerprint density at radius 1 is 1.19 bits per heavy atom. The van der Waals surface area contributed by atoms with E-state index < -0.39 is 0 Å². The van der Waals surface area contributed by atoms with Crippen LogP contribution in [0.25, 0.3) is 0 Å². The zero-order chi connectivity index (χ0) is 19.4. The van der Waals surface area contributed by atoms with Crippen molar-refractivity contribution in [2.75, 3.05) is 13.1 Å². The molecule has 0 unspecified atom stereocenters. The summed E-state index contributed by atoms with van der Waals surface area (Å²) in [6, 6.07) is 0.320. The molecular formula is C21H34N4O2. The van der Waals surface area contributed by atoms with Crippen molar-refractivity contribution in [2.24, 2.45) is 18.9 Å². The third-order valence-electron chi connectivity index (χ3n) is 5.87. The predicted octanol–water partition coefficient (Wildman–Crippen LogP) is 2.92. The summed E-state index contributed by atoms with van der Waals surface area (Å²) in [5.41, 5.74) is 1.63. The van der Waals surface area contributed by atoms with Crippen LogP contribution < -0.4 is 5.32 Å². The second-order valence-electron chi connectivity index (χ2n) is 8.74. The fourth-order valence-corrected chi connectivity index (χ4v) is 4.35. The van der Waals surface area contributed by atoms with Crippen LogP contribution in [-0.2, 0) is 18.3 Å². The molecule has 3 rings (SSSR count). The first-order valence-corrected chi connectivity index (χ1v) is 10.5. The van der Waals surface area contributed by atoms with Crippen molar-refractivity contribution in [2.45, 2.75) is 71.3 Å². The van der Waals surface area contributed by atoms with Gasteiger partial charge in [-0.25, -0.2) is 0 Å². The summed E-state index contributed by atoms with van der Waals surface area (Å²) in [5.74, 6) is 1.19. The Morgan fingerprint density at radius 2 is 1.85 bits per heavy atom. The van der Waals surface area contributed by atoms with E-state index in [0.717, 1.165) is 56.5 Å². The Morgan fingerprint density at radius 3 is 2.48 bits per heavy atom. The topological polar surface area (TPSA) is 67.2 Å². The molecule has 2 amide bonds. The Bertz CT molecular complexity index is 653. The molecule has 0 radical (unpaired) electrons. The monoisotopic (exact) mass is 374 g/mol. The highest BCUT2D eigenvalue weighted by atomic mass is 16.2. The summed E-state index contributed by atoms with van der Waals surface area (Å²) in [4.78, 5) is 26.9. The Labute approximate surface area is 162 Å². The van der Waals surface area contributed by atoms with Crippen molar-refractivity contribution in [1.29, 1.82) is 0 Å². The number of aromatic nitrogens is 2. The van der Waals surface area contributed by atoms with E-state index in [4.69, 9.17) is 0 Å². The molecule has 1 aliphatic heterocycles. The van der Waals surface area contributed by atoms with Gasteiger partial charge in [0.1, 0.15) is 0 Å². The van der Waals surface area contributed by atoms with E-state index in [-0.39, 0.29) is 11.8 Å². The number of carbonyl (C=O) groups excluding carboxylic acids is 2. The summed E-state index contributed by atoms with van der Waals surface area (Å²) >= 11 is 0.